The molecule has 19 heavy (non-hydrogen) atoms. The Morgan fingerprint density at radius 1 is 1.00 bits per heavy atom. The van der Waals surface area contributed by atoms with Crippen molar-refractivity contribution in [2.45, 2.75) is 51.9 Å². The molecule has 0 saturated heterocycles. The summed E-state index contributed by atoms with van der Waals surface area (Å²) >= 11 is 3.36. The van der Waals surface area contributed by atoms with Gasteiger partial charge >= 0.3 is 0 Å². The van der Waals surface area contributed by atoms with Gasteiger partial charge in [-0.1, -0.05) is 61.4 Å². The molecule has 0 aliphatic carbocycles. The molecule has 1 rings (SSSR count). The van der Waals surface area contributed by atoms with Crippen LogP contribution in [0.15, 0.2) is 28.7 Å². The molecule has 0 aliphatic heterocycles. The summed E-state index contributed by atoms with van der Waals surface area (Å²) in [6.07, 6.45) is 8.90. The fourth-order valence-corrected chi connectivity index (χ4v) is 2.25. The first-order valence-electron chi connectivity index (χ1n) is 7.28. The Morgan fingerprint density at radius 2 is 1.58 bits per heavy atom. The van der Waals surface area contributed by atoms with Crippen LogP contribution >= 0.6 is 15.9 Å². The molecule has 1 aromatic carbocycles. The maximum absolute atomic E-state index is 11.8. The number of nitrogens with one attached hydrogen (secondary N) is 1. The minimum atomic E-state index is 0.0264. The number of hydrogen-bond acceptors (Lipinski definition) is 1. The van der Waals surface area contributed by atoms with E-state index < -0.39 is 0 Å². The Kier molecular flexibility index (Phi) is 8.55. The molecule has 0 saturated carbocycles. The highest BCUT2D eigenvalue weighted by Gasteiger charge is 2.03. The molecule has 0 bridgehead atoms. The fourth-order valence-electron chi connectivity index (χ4n) is 1.99. The van der Waals surface area contributed by atoms with E-state index in [2.05, 4.69) is 28.2 Å². The van der Waals surface area contributed by atoms with Crippen LogP contribution in [0.2, 0.25) is 0 Å². The zero-order chi connectivity index (χ0) is 13.9. The van der Waals surface area contributed by atoms with Crippen molar-refractivity contribution in [1.82, 2.24) is 5.32 Å². The van der Waals surface area contributed by atoms with Crippen LogP contribution in [0, 0.1) is 0 Å². The summed E-state index contributed by atoms with van der Waals surface area (Å²) in [5.74, 6) is 0.0264. The quantitative estimate of drug-likeness (QED) is 0.641. The van der Waals surface area contributed by atoms with Gasteiger partial charge in [-0.15, -0.1) is 0 Å². The zero-order valence-corrected chi connectivity index (χ0v) is 13.3. The monoisotopic (exact) mass is 325 g/mol. The van der Waals surface area contributed by atoms with Gasteiger partial charge in [-0.2, -0.15) is 0 Å². The van der Waals surface area contributed by atoms with Gasteiger partial charge in [0.25, 0.3) is 5.91 Å². The molecule has 0 unspecified atom stereocenters. The molecule has 0 atom stereocenters. The summed E-state index contributed by atoms with van der Waals surface area (Å²) in [5.41, 5.74) is 0.728. The average Bonchev–Trinajstić information content (AvgIpc) is 2.42. The summed E-state index contributed by atoms with van der Waals surface area (Å²) in [7, 11) is 0. The summed E-state index contributed by atoms with van der Waals surface area (Å²) < 4.78 is 0.996. The van der Waals surface area contributed by atoms with Gasteiger partial charge in [0.05, 0.1) is 0 Å². The smallest absolute Gasteiger partial charge is 0.251 e. The molecule has 1 N–H and O–H groups in total. The van der Waals surface area contributed by atoms with Crippen LogP contribution < -0.4 is 5.32 Å². The fraction of sp³-hybridized carbons (Fsp3) is 0.562. The SMILES string of the molecule is CCCCCCCCCNC(=O)c1ccc(Br)cc1. The van der Waals surface area contributed by atoms with Crippen LogP contribution in [0.5, 0.6) is 0 Å². The van der Waals surface area contributed by atoms with Crippen LogP contribution in [0.4, 0.5) is 0 Å². The van der Waals surface area contributed by atoms with E-state index in [1.54, 1.807) is 0 Å². The topological polar surface area (TPSA) is 29.1 Å². The lowest BCUT2D eigenvalue weighted by Crippen LogP contribution is -2.24. The second-order valence-electron chi connectivity index (χ2n) is 4.88. The molecule has 0 aromatic heterocycles. The highest BCUT2D eigenvalue weighted by molar-refractivity contribution is 9.10. The van der Waals surface area contributed by atoms with Crippen LogP contribution in [0.25, 0.3) is 0 Å². The number of carbonyl (C=O) groups is 1. The largest absolute Gasteiger partial charge is 0.352 e. The van der Waals surface area contributed by atoms with E-state index in [9.17, 15) is 4.79 Å². The second kappa shape index (κ2) is 10.0. The van der Waals surface area contributed by atoms with Gasteiger partial charge in [-0.3, -0.25) is 4.79 Å². The molecule has 0 radical (unpaired) electrons. The molecule has 0 spiro atoms. The number of unbranched alkanes of at least 4 members (excludes halogenated alkanes) is 6. The Bertz CT molecular complexity index is 362. The van der Waals surface area contributed by atoms with Crippen LogP contribution in [0.3, 0.4) is 0 Å². The predicted molar refractivity (Wildman–Crippen MR) is 84.5 cm³/mol. The normalized spacial score (nSPS) is 10.4. The molecule has 0 aliphatic rings. The molecule has 106 valence electrons. The number of rotatable bonds is 9. The first-order chi connectivity index (χ1) is 9.24. The lowest BCUT2D eigenvalue weighted by molar-refractivity contribution is 0.0953. The van der Waals surface area contributed by atoms with E-state index in [0.717, 1.165) is 23.0 Å². The zero-order valence-electron chi connectivity index (χ0n) is 11.8. The minimum absolute atomic E-state index is 0.0264. The van der Waals surface area contributed by atoms with Crippen LogP contribution in [-0.2, 0) is 0 Å². The molecule has 3 heteroatoms. The van der Waals surface area contributed by atoms with E-state index in [1.807, 2.05) is 24.3 Å². The van der Waals surface area contributed by atoms with Crippen molar-refractivity contribution in [2.75, 3.05) is 6.54 Å². The van der Waals surface area contributed by atoms with Crippen molar-refractivity contribution in [1.29, 1.82) is 0 Å². The number of amides is 1. The highest BCUT2D eigenvalue weighted by atomic mass is 79.9. The third-order valence-electron chi connectivity index (χ3n) is 3.17. The molecule has 0 fully saturated rings. The third kappa shape index (κ3) is 7.36. The van der Waals surface area contributed by atoms with Crippen LogP contribution in [-0.4, -0.2) is 12.5 Å². The summed E-state index contributed by atoms with van der Waals surface area (Å²) in [5, 5.41) is 2.97. The lowest BCUT2D eigenvalue weighted by atomic mass is 10.1. The predicted octanol–water partition coefficient (Wildman–Crippen LogP) is 4.93. The Morgan fingerprint density at radius 3 is 2.21 bits per heavy atom. The standard InChI is InChI=1S/C16H24BrNO/c1-2-3-4-5-6-7-8-13-18-16(19)14-9-11-15(17)12-10-14/h9-12H,2-8,13H2,1H3,(H,18,19). The van der Waals surface area contributed by atoms with Crippen molar-refractivity contribution in [3.05, 3.63) is 34.3 Å². The summed E-state index contributed by atoms with van der Waals surface area (Å²) in [6.45, 7) is 3.01. The van der Waals surface area contributed by atoms with Gasteiger partial charge < -0.3 is 5.32 Å². The molecule has 1 aromatic rings. The second-order valence-corrected chi connectivity index (χ2v) is 5.80. The van der Waals surface area contributed by atoms with Gasteiger partial charge in [0, 0.05) is 16.6 Å². The highest BCUT2D eigenvalue weighted by Crippen LogP contribution is 2.10. The number of halogens is 1. The van der Waals surface area contributed by atoms with Gasteiger partial charge in [-0.25, -0.2) is 0 Å². The van der Waals surface area contributed by atoms with Gasteiger partial charge in [0.1, 0.15) is 0 Å². The Balaban J connectivity index is 2.06. The van der Waals surface area contributed by atoms with Crippen LogP contribution in [0.1, 0.15) is 62.2 Å². The third-order valence-corrected chi connectivity index (χ3v) is 3.70. The summed E-state index contributed by atoms with van der Waals surface area (Å²) in [4.78, 5) is 11.8. The van der Waals surface area contributed by atoms with Crippen molar-refractivity contribution in [3.8, 4) is 0 Å². The van der Waals surface area contributed by atoms with E-state index in [-0.39, 0.29) is 5.91 Å². The van der Waals surface area contributed by atoms with E-state index in [0.29, 0.717) is 0 Å². The van der Waals surface area contributed by atoms with Gasteiger partial charge in [0.15, 0.2) is 0 Å². The van der Waals surface area contributed by atoms with Gasteiger partial charge in [-0.05, 0) is 30.7 Å². The molecular formula is C16H24BrNO. The number of carbonyl (C=O) groups excluding carboxylic acids is 1. The first-order valence-corrected chi connectivity index (χ1v) is 8.07. The molecule has 0 heterocycles. The molecular weight excluding hydrogens is 302 g/mol. The van der Waals surface area contributed by atoms with Gasteiger partial charge in [0.2, 0.25) is 0 Å². The lowest BCUT2D eigenvalue weighted by Gasteiger charge is -2.05. The van der Waals surface area contributed by atoms with E-state index >= 15 is 0 Å². The van der Waals surface area contributed by atoms with Crippen molar-refractivity contribution in [3.63, 3.8) is 0 Å². The van der Waals surface area contributed by atoms with Crippen molar-refractivity contribution in [2.24, 2.45) is 0 Å². The Labute approximate surface area is 125 Å². The van der Waals surface area contributed by atoms with E-state index in [4.69, 9.17) is 0 Å². The first kappa shape index (κ1) is 16.2. The van der Waals surface area contributed by atoms with Crippen molar-refractivity contribution < 1.29 is 4.79 Å². The molecule has 1 amide bonds. The number of hydrogen-bond donors (Lipinski definition) is 1. The maximum Gasteiger partial charge on any atom is 0.251 e. The molecule has 2 nitrogen and oxygen atoms in total. The average molecular weight is 326 g/mol. The maximum atomic E-state index is 11.8. The minimum Gasteiger partial charge on any atom is -0.352 e. The van der Waals surface area contributed by atoms with E-state index in [1.165, 1.54) is 38.5 Å². The summed E-state index contributed by atoms with van der Waals surface area (Å²) in [6, 6.07) is 7.46. The number of benzene rings is 1. The Hall–Kier alpha value is -0.830. The van der Waals surface area contributed by atoms with Crippen molar-refractivity contribution >= 4 is 21.8 Å².